The van der Waals surface area contributed by atoms with Gasteiger partial charge in [-0.1, -0.05) is 17.7 Å². The first-order chi connectivity index (χ1) is 10.5. The van der Waals surface area contributed by atoms with E-state index in [1.807, 2.05) is 38.5 Å². The highest BCUT2D eigenvalue weighted by Gasteiger charge is 2.34. The molecule has 2 aromatic rings. The maximum atomic E-state index is 12.6. The summed E-state index contributed by atoms with van der Waals surface area (Å²) in [7, 11) is 1.89. The fraction of sp³-hybridized carbons (Fsp3) is 0.375. The summed E-state index contributed by atoms with van der Waals surface area (Å²) in [6.45, 7) is 3.42. The van der Waals surface area contributed by atoms with Crippen LogP contribution in [-0.2, 0) is 11.8 Å². The minimum absolute atomic E-state index is 0. The molecule has 3 rings (SSSR count). The molecular weight excluding hydrogens is 335 g/mol. The Morgan fingerprint density at radius 3 is 2.91 bits per heavy atom. The Balaban J connectivity index is 0.00000192. The molecule has 1 aliphatic heterocycles. The molecule has 7 heteroatoms. The Morgan fingerprint density at radius 1 is 1.43 bits per heavy atom. The van der Waals surface area contributed by atoms with E-state index in [9.17, 15) is 4.79 Å². The Morgan fingerprint density at radius 2 is 2.22 bits per heavy atom. The van der Waals surface area contributed by atoms with E-state index < -0.39 is 0 Å². The van der Waals surface area contributed by atoms with Gasteiger partial charge in [0.1, 0.15) is 0 Å². The summed E-state index contributed by atoms with van der Waals surface area (Å²) in [6.07, 6.45) is 3.81. The van der Waals surface area contributed by atoms with E-state index in [-0.39, 0.29) is 30.2 Å². The Bertz CT molecular complexity index is 701. The predicted molar refractivity (Wildman–Crippen MR) is 94.4 cm³/mol. The number of amides is 1. The van der Waals surface area contributed by atoms with Crippen LogP contribution in [-0.4, -0.2) is 28.8 Å². The molecule has 1 saturated heterocycles. The number of carbonyl (C=O) groups excluding carboxylic acids is 1. The van der Waals surface area contributed by atoms with Crippen molar-refractivity contribution in [2.24, 2.45) is 13.0 Å². The van der Waals surface area contributed by atoms with Crippen LogP contribution in [0.1, 0.15) is 17.0 Å². The topological polar surface area (TPSA) is 59.0 Å². The van der Waals surface area contributed by atoms with Crippen LogP contribution in [0.4, 0.5) is 5.69 Å². The van der Waals surface area contributed by atoms with Crippen molar-refractivity contribution in [2.45, 2.75) is 12.8 Å². The van der Waals surface area contributed by atoms with E-state index >= 15 is 0 Å². The number of aryl methyl sites for hydroxylation is 2. The monoisotopic (exact) mass is 354 g/mol. The number of anilines is 1. The van der Waals surface area contributed by atoms with E-state index in [1.165, 1.54) is 0 Å². The average molecular weight is 355 g/mol. The first-order valence-electron chi connectivity index (χ1n) is 7.31. The zero-order chi connectivity index (χ0) is 15.7. The van der Waals surface area contributed by atoms with Gasteiger partial charge in [0.05, 0.1) is 12.1 Å². The molecule has 0 radical (unpaired) electrons. The third kappa shape index (κ3) is 3.86. The normalized spacial score (nSPS) is 20.1. The number of halogens is 2. The molecule has 1 aliphatic rings. The van der Waals surface area contributed by atoms with Gasteiger partial charge in [0, 0.05) is 43.0 Å². The highest BCUT2D eigenvalue weighted by Crippen LogP contribution is 2.29. The second kappa shape index (κ2) is 7.34. The third-order valence-corrected chi connectivity index (χ3v) is 4.40. The van der Waals surface area contributed by atoms with Gasteiger partial charge >= 0.3 is 0 Å². The van der Waals surface area contributed by atoms with E-state index in [1.54, 1.807) is 10.7 Å². The van der Waals surface area contributed by atoms with Gasteiger partial charge in [-0.3, -0.25) is 9.48 Å². The molecule has 1 amide bonds. The molecule has 2 N–H and O–H groups in total. The van der Waals surface area contributed by atoms with Gasteiger partial charge in [0.25, 0.3) is 0 Å². The van der Waals surface area contributed by atoms with Crippen molar-refractivity contribution < 1.29 is 4.79 Å². The quantitative estimate of drug-likeness (QED) is 0.890. The molecule has 1 aromatic heterocycles. The van der Waals surface area contributed by atoms with Crippen LogP contribution < -0.4 is 10.6 Å². The molecule has 1 aromatic carbocycles. The van der Waals surface area contributed by atoms with Crippen molar-refractivity contribution in [2.75, 3.05) is 18.4 Å². The number of rotatable bonds is 3. The lowest BCUT2D eigenvalue weighted by Gasteiger charge is -2.18. The standard InChI is InChI=1S/C16H19ClN4O.ClH/c1-10-3-4-12(17)5-15(10)20-16(22)14-8-18-7-13(14)11-6-19-21(2)9-11;/h3-6,9,13-14,18H,7-8H2,1-2H3,(H,20,22);1H/t13-,14+;/m1./s1. The molecule has 2 atom stereocenters. The Hall–Kier alpha value is -1.56. The average Bonchev–Trinajstić information content (AvgIpc) is 3.11. The second-order valence-electron chi connectivity index (χ2n) is 5.77. The largest absolute Gasteiger partial charge is 0.325 e. The molecule has 2 heterocycles. The summed E-state index contributed by atoms with van der Waals surface area (Å²) in [5.41, 5.74) is 2.87. The van der Waals surface area contributed by atoms with Crippen LogP contribution in [0.25, 0.3) is 0 Å². The summed E-state index contributed by atoms with van der Waals surface area (Å²) in [5.74, 6) is 0.0555. The molecule has 124 valence electrons. The zero-order valence-corrected chi connectivity index (χ0v) is 14.6. The predicted octanol–water partition coefficient (Wildman–Crippen LogP) is 2.75. The number of hydrogen-bond acceptors (Lipinski definition) is 3. The number of hydrogen-bond donors (Lipinski definition) is 2. The van der Waals surface area contributed by atoms with Crippen LogP contribution in [0, 0.1) is 12.8 Å². The van der Waals surface area contributed by atoms with Crippen LogP contribution in [0.2, 0.25) is 5.02 Å². The number of nitrogens with zero attached hydrogens (tertiary/aromatic N) is 2. The molecule has 0 bridgehead atoms. The minimum Gasteiger partial charge on any atom is -0.325 e. The van der Waals surface area contributed by atoms with Gasteiger partial charge in [0.15, 0.2) is 0 Å². The van der Waals surface area contributed by atoms with Gasteiger partial charge in [-0.05, 0) is 30.2 Å². The lowest BCUT2D eigenvalue weighted by Crippen LogP contribution is -2.28. The van der Waals surface area contributed by atoms with Crippen molar-refractivity contribution in [1.82, 2.24) is 15.1 Å². The molecule has 23 heavy (non-hydrogen) atoms. The molecule has 1 fully saturated rings. The molecule has 0 unspecified atom stereocenters. The number of carbonyl (C=O) groups is 1. The lowest BCUT2D eigenvalue weighted by atomic mass is 9.90. The first kappa shape index (κ1) is 17.8. The van der Waals surface area contributed by atoms with Gasteiger partial charge in [-0.25, -0.2) is 0 Å². The van der Waals surface area contributed by atoms with E-state index in [0.717, 1.165) is 23.4 Å². The van der Waals surface area contributed by atoms with Crippen LogP contribution >= 0.6 is 24.0 Å². The fourth-order valence-electron chi connectivity index (χ4n) is 2.89. The Labute approximate surface area is 146 Å². The smallest absolute Gasteiger partial charge is 0.229 e. The van der Waals surface area contributed by atoms with Crippen LogP contribution in [0.5, 0.6) is 0 Å². The highest BCUT2D eigenvalue weighted by molar-refractivity contribution is 6.31. The SMILES string of the molecule is Cc1ccc(Cl)cc1NC(=O)[C@H]1CNC[C@@H]1c1cnn(C)c1.Cl. The maximum absolute atomic E-state index is 12.6. The van der Waals surface area contributed by atoms with Crippen LogP contribution in [0.3, 0.4) is 0 Å². The van der Waals surface area contributed by atoms with Gasteiger partial charge in [-0.15, -0.1) is 12.4 Å². The minimum atomic E-state index is -0.109. The molecule has 0 aliphatic carbocycles. The summed E-state index contributed by atoms with van der Waals surface area (Å²) in [4.78, 5) is 12.6. The number of benzene rings is 1. The molecule has 5 nitrogen and oxygen atoms in total. The summed E-state index contributed by atoms with van der Waals surface area (Å²) < 4.78 is 1.77. The second-order valence-corrected chi connectivity index (χ2v) is 6.20. The lowest BCUT2D eigenvalue weighted by molar-refractivity contribution is -0.119. The number of nitrogens with one attached hydrogen (secondary N) is 2. The van der Waals surface area contributed by atoms with Crippen LogP contribution in [0.15, 0.2) is 30.6 Å². The third-order valence-electron chi connectivity index (χ3n) is 4.16. The van der Waals surface area contributed by atoms with Crippen molar-refractivity contribution >= 4 is 35.6 Å². The molecule has 0 spiro atoms. The zero-order valence-electron chi connectivity index (χ0n) is 13.0. The number of aromatic nitrogens is 2. The van der Waals surface area contributed by atoms with Crippen molar-refractivity contribution in [3.05, 3.63) is 46.7 Å². The van der Waals surface area contributed by atoms with Crippen molar-refractivity contribution in [1.29, 1.82) is 0 Å². The summed E-state index contributed by atoms with van der Waals surface area (Å²) in [6, 6.07) is 5.52. The van der Waals surface area contributed by atoms with E-state index in [2.05, 4.69) is 15.7 Å². The molecular formula is C16H20Cl2N4O. The van der Waals surface area contributed by atoms with Gasteiger partial charge in [-0.2, -0.15) is 5.10 Å². The van der Waals surface area contributed by atoms with Crippen molar-refractivity contribution in [3.63, 3.8) is 0 Å². The van der Waals surface area contributed by atoms with Gasteiger partial charge < -0.3 is 10.6 Å². The first-order valence-corrected chi connectivity index (χ1v) is 7.68. The van der Waals surface area contributed by atoms with Crippen molar-refractivity contribution in [3.8, 4) is 0 Å². The summed E-state index contributed by atoms with van der Waals surface area (Å²) in [5, 5.41) is 11.1. The molecule has 0 saturated carbocycles. The summed E-state index contributed by atoms with van der Waals surface area (Å²) >= 11 is 6.01. The highest BCUT2D eigenvalue weighted by atomic mass is 35.5. The van der Waals surface area contributed by atoms with E-state index in [0.29, 0.717) is 11.6 Å². The fourth-order valence-corrected chi connectivity index (χ4v) is 3.06. The maximum Gasteiger partial charge on any atom is 0.229 e. The Kier molecular flexibility index (Phi) is 5.68. The van der Waals surface area contributed by atoms with Gasteiger partial charge in [0.2, 0.25) is 5.91 Å². The van der Waals surface area contributed by atoms with E-state index in [4.69, 9.17) is 11.6 Å².